The lowest BCUT2D eigenvalue weighted by atomic mass is 9.89. The van der Waals surface area contributed by atoms with E-state index in [1.165, 1.54) is 11.1 Å². The number of aliphatic hydroxyl groups excluding tert-OH is 1. The van der Waals surface area contributed by atoms with E-state index < -0.39 is 0 Å². The fourth-order valence-corrected chi connectivity index (χ4v) is 5.12. The van der Waals surface area contributed by atoms with E-state index in [0.717, 1.165) is 19.3 Å². The number of benzene rings is 1. The summed E-state index contributed by atoms with van der Waals surface area (Å²) in [5.74, 6) is 0.694. The number of allylic oxidation sites excluding steroid dienone is 1. The quantitative estimate of drug-likeness (QED) is 0.403. The highest BCUT2D eigenvalue weighted by Crippen LogP contribution is 2.39. The first-order valence-electron chi connectivity index (χ1n) is 9.50. The van der Waals surface area contributed by atoms with Crippen LogP contribution >= 0.6 is 18.9 Å². The first-order chi connectivity index (χ1) is 13.2. The molecular weight excluding hydrogens is 378 g/mol. The van der Waals surface area contributed by atoms with Crippen LogP contribution in [-0.2, 0) is 26.6 Å². The minimum absolute atomic E-state index is 0.00636. The van der Waals surface area contributed by atoms with E-state index in [4.69, 9.17) is 13.8 Å². The molecule has 148 valence electrons. The third-order valence-electron chi connectivity index (χ3n) is 5.93. The van der Waals surface area contributed by atoms with Gasteiger partial charge in [0.15, 0.2) is 0 Å². The Hall–Kier alpha value is -0.760. The van der Waals surface area contributed by atoms with Gasteiger partial charge in [-0.25, -0.2) is 0 Å². The van der Waals surface area contributed by atoms with Crippen LogP contribution in [0.1, 0.15) is 24.0 Å². The average Bonchev–Trinajstić information content (AvgIpc) is 3.24. The highest BCUT2D eigenvalue weighted by molar-refractivity contribution is 7.10. The van der Waals surface area contributed by atoms with Gasteiger partial charge in [0.05, 0.1) is 31.7 Å². The van der Waals surface area contributed by atoms with Crippen molar-refractivity contribution in [1.82, 2.24) is 0 Å². The van der Waals surface area contributed by atoms with E-state index in [2.05, 4.69) is 55.4 Å². The molecule has 1 saturated carbocycles. The van der Waals surface area contributed by atoms with Crippen molar-refractivity contribution in [3.8, 4) is 0 Å². The summed E-state index contributed by atoms with van der Waals surface area (Å²) in [5, 5.41) is 10.5. The topological polar surface area (TPSA) is 47.9 Å². The van der Waals surface area contributed by atoms with Crippen LogP contribution in [0, 0.1) is 17.8 Å². The molecule has 0 spiro atoms. The van der Waals surface area contributed by atoms with Crippen LogP contribution in [0.2, 0.25) is 0 Å². The Morgan fingerprint density at radius 2 is 1.93 bits per heavy atom. The van der Waals surface area contributed by atoms with Crippen molar-refractivity contribution in [2.24, 2.45) is 17.8 Å². The Morgan fingerprint density at radius 3 is 2.52 bits per heavy atom. The molecule has 0 radical (unpaired) electrons. The summed E-state index contributed by atoms with van der Waals surface area (Å²) in [7, 11) is 6.41. The molecule has 1 aromatic carbocycles. The van der Waals surface area contributed by atoms with Gasteiger partial charge in [0.25, 0.3) is 0 Å². The number of ether oxygens (including phenoxy) is 1. The van der Waals surface area contributed by atoms with Crippen molar-refractivity contribution < 1.29 is 18.9 Å². The van der Waals surface area contributed by atoms with Crippen LogP contribution in [0.4, 0.5) is 0 Å². The normalized spacial score (nSPS) is 29.6. The van der Waals surface area contributed by atoms with Crippen LogP contribution in [0.25, 0.3) is 0 Å². The Balaban J connectivity index is 1.70. The molecule has 0 saturated heterocycles. The molecule has 6 heteroatoms. The van der Waals surface area contributed by atoms with Gasteiger partial charge >= 0.3 is 0 Å². The zero-order valence-corrected chi connectivity index (χ0v) is 18.0. The fraction of sp³-hybridized carbons (Fsp3) is 0.524. The molecule has 0 amide bonds. The molecule has 27 heavy (non-hydrogen) atoms. The number of rotatable bonds is 8. The van der Waals surface area contributed by atoms with Crippen molar-refractivity contribution >= 4 is 18.9 Å². The van der Waals surface area contributed by atoms with Gasteiger partial charge in [0.1, 0.15) is 0 Å². The molecule has 2 aliphatic rings. The smallest absolute Gasteiger partial charge is 0.0826 e. The maximum atomic E-state index is 10.5. The summed E-state index contributed by atoms with van der Waals surface area (Å²) in [6, 6.07) is 8.63. The lowest BCUT2D eigenvalue weighted by Gasteiger charge is -2.23. The monoisotopic (exact) mass is 408 g/mol. The number of hydrogen-bond donors (Lipinski definition) is 1. The fourth-order valence-electron chi connectivity index (χ4n) is 4.51. The van der Waals surface area contributed by atoms with Crippen molar-refractivity contribution in [1.29, 1.82) is 0 Å². The molecule has 5 unspecified atom stereocenters. The summed E-state index contributed by atoms with van der Waals surface area (Å²) in [6.07, 6.45) is 11.1. The van der Waals surface area contributed by atoms with E-state index in [0.29, 0.717) is 12.3 Å². The maximum Gasteiger partial charge on any atom is 0.0826 e. The van der Waals surface area contributed by atoms with E-state index in [-0.39, 0.29) is 30.1 Å². The molecule has 1 N–H and O–H groups in total. The zero-order valence-electron chi connectivity index (χ0n) is 15.7. The number of methoxy groups -OCH3 is 1. The molecule has 1 aromatic rings. The van der Waals surface area contributed by atoms with Gasteiger partial charge in [-0.15, -0.1) is 0 Å². The molecule has 0 aliphatic heterocycles. The Bertz CT molecular complexity index is 638. The van der Waals surface area contributed by atoms with Crippen LogP contribution in [-0.4, -0.2) is 30.5 Å². The molecule has 0 aromatic heterocycles. The Morgan fingerprint density at radius 1 is 1.22 bits per heavy atom. The summed E-state index contributed by atoms with van der Waals surface area (Å²) in [5.41, 5.74) is 2.85. The zero-order chi connectivity index (χ0) is 19.2. The highest BCUT2D eigenvalue weighted by atomic mass is 31.0. The van der Waals surface area contributed by atoms with E-state index >= 15 is 0 Å². The van der Waals surface area contributed by atoms with Crippen LogP contribution in [0.3, 0.4) is 0 Å². The van der Waals surface area contributed by atoms with Crippen LogP contribution in [0.15, 0.2) is 48.8 Å². The first kappa shape index (κ1) is 21.0. The Labute approximate surface area is 166 Å². The molecule has 0 bridgehead atoms. The van der Waals surface area contributed by atoms with Gasteiger partial charge in [0.2, 0.25) is 0 Å². The van der Waals surface area contributed by atoms with E-state index in [1.807, 2.05) is 6.08 Å². The third-order valence-corrected chi connectivity index (χ3v) is 6.60. The summed E-state index contributed by atoms with van der Waals surface area (Å²) < 4.78 is 16.3. The molecule has 0 heterocycles. The molecule has 3 rings (SSSR count). The second-order valence-electron chi connectivity index (χ2n) is 7.48. The standard InChI is InChI=1S/C21H30O4P2/c1-23-10-4-7-17-18(21(25-27)13-19(17)22)8-9-20(24-26)16-11-14-5-2-3-6-15(14)12-16/h2-6,8-10,16-22H,7,11-13,26-27H2,1H3/b9-8+,10-4?/t17-,18-,19?,20?,21?/m1/s1. The molecule has 1 fully saturated rings. The molecule has 2 aliphatic carbocycles. The second-order valence-corrected chi connectivity index (χ2v) is 8.03. The van der Waals surface area contributed by atoms with Gasteiger partial charge in [-0.2, -0.15) is 0 Å². The Kier molecular flexibility index (Phi) is 7.87. The minimum atomic E-state index is -0.377. The van der Waals surface area contributed by atoms with Crippen molar-refractivity contribution in [3.63, 3.8) is 0 Å². The predicted molar refractivity (Wildman–Crippen MR) is 114 cm³/mol. The summed E-state index contributed by atoms with van der Waals surface area (Å²) in [6.45, 7) is 0. The predicted octanol–water partition coefficient (Wildman–Crippen LogP) is 3.86. The van der Waals surface area contributed by atoms with Gasteiger partial charge < -0.3 is 18.9 Å². The third kappa shape index (κ3) is 5.00. The van der Waals surface area contributed by atoms with Crippen LogP contribution < -0.4 is 0 Å². The van der Waals surface area contributed by atoms with Crippen LogP contribution in [0.5, 0.6) is 0 Å². The summed E-state index contributed by atoms with van der Waals surface area (Å²) >= 11 is 0. The van der Waals surface area contributed by atoms with Crippen molar-refractivity contribution in [2.75, 3.05) is 7.11 Å². The molecular formula is C21H30O4P2. The second kappa shape index (κ2) is 10.1. The number of fused-ring (bicyclic) bond motifs is 1. The largest absolute Gasteiger partial charge is 0.505 e. The average molecular weight is 408 g/mol. The summed E-state index contributed by atoms with van der Waals surface area (Å²) in [4.78, 5) is 0. The van der Waals surface area contributed by atoms with Gasteiger partial charge in [-0.05, 0) is 48.3 Å². The van der Waals surface area contributed by atoms with Gasteiger partial charge in [0, 0.05) is 31.3 Å². The molecule has 7 atom stereocenters. The maximum absolute atomic E-state index is 10.5. The highest BCUT2D eigenvalue weighted by Gasteiger charge is 2.41. The lowest BCUT2D eigenvalue weighted by molar-refractivity contribution is 0.123. The SMILES string of the molecule is COC=CC[C@H]1C(O)CC(OP)[C@@H]1/C=C/C(OP)C1Cc2ccccc2C1. The van der Waals surface area contributed by atoms with Gasteiger partial charge in [-0.3, -0.25) is 0 Å². The van der Waals surface area contributed by atoms with Crippen molar-refractivity contribution in [2.45, 2.75) is 44.0 Å². The van der Waals surface area contributed by atoms with Crippen molar-refractivity contribution in [3.05, 3.63) is 59.9 Å². The number of hydrogen-bond acceptors (Lipinski definition) is 4. The number of aliphatic hydroxyl groups is 1. The van der Waals surface area contributed by atoms with E-state index in [1.54, 1.807) is 13.4 Å². The minimum Gasteiger partial charge on any atom is -0.505 e. The molecule has 4 nitrogen and oxygen atoms in total. The first-order valence-corrected chi connectivity index (χ1v) is 10.4. The van der Waals surface area contributed by atoms with E-state index in [9.17, 15) is 5.11 Å². The van der Waals surface area contributed by atoms with Gasteiger partial charge in [-0.1, -0.05) is 36.4 Å². The lowest BCUT2D eigenvalue weighted by Crippen LogP contribution is -2.23.